The minimum atomic E-state index is -0.560. The highest BCUT2D eigenvalue weighted by Gasteiger charge is 2.28. The van der Waals surface area contributed by atoms with E-state index < -0.39 is 6.04 Å². The molecule has 2 rings (SSSR count). The zero-order valence-corrected chi connectivity index (χ0v) is 19.2. The Balaban J connectivity index is 2.12. The van der Waals surface area contributed by atoms with Crippen molar-refractivity contribution in [2.24, 2.45) is 0 Å². The highest BCUT2D eigenvalue weighted by Crippen LogP contribution is 2.20. The molecule has 0 radical (unpaired) electrons. The van der Waals surface area contributed by atoms with Gasteiger partial charge in [0, 0.05) is 18.8 Å². The van der Waals surface area contributed by atoms with E-state index in [0.717, 1.165) is 17.7 Å². The second-order valence-electron chi connectivity index (χ2n) is 7.17. The number of nitrogens with one attached hydrogen (secondary N) is 1. The normalized spacial score (nSPS) is 11.6. The van der Waals surface area contributed by atoms with Crippen molar-refractivity contribution in [2.75, 3.05) is 19.4 Å². The molecular weight excluding hydrogens is 415 g/mol. The number of carbonyl (C=O) groups excluding carboxylic acids is 2. The standard InChI is InChI=1S/C24H31FN2O3S/c1-4-14-26-24(29)22(5-2)27(15-18-10-12-20(30-3)13-11-18)23(28)17-31-16-19-8-6-7-9-21(19)25/h6-13,22H,4-5,14-17H2,1-3H3,(H,26,29)/t22-/m0/s1. The third-order valence-corrected chi connectivity index (χ3v) is 5.85. The largest absolute Gasteiger partial charge is 0.497 e. The van der Waals surface area contributed by atoms with E-state index in [4.69, 9.17) is 4.74 Å². The highest BCUT2D eigenvalue weighted by atomic mass is 32.2. The summed E-state index contributed by atoms with van der Waals surface area (Å²) in [5.41, 5.74) is 1.48. The Hall–Kier alpha value is -2.54. The van der Waals surface area contributed by atoms with Crippen LogP contribution in [0.4, 0.5) is 4.39 Å². The van der Waals surface area contributed by atoms with Gasteiger partial charge in [-0.2, -0.15) is 0 Å². The summed E-state index contributed by atoms with van der Waals surface area (Å²) in [6.45, 7) is 4.78. The summed E-state index contributed by atoms with van der Waals surface area (Å²) in [7, 11) is 1.60. The van der Waals surface area contributed by atoms with Crippen molar-refractivity contribution < 1.29 is 18.7 Å². The number of hydrogen-bond donors (Lipinski definition) is 1. The van der Waals surface area contributed by atoms with Gasteiger partial charge >= 0.3 is 0 Å². The highest BCUT2D eigenvalue weighted by molar-refractivity contribution is 7.99. The van der Waals surface area contributed by atoms with E-state index in [-0.39, 0.29) is 23.4 Å². The van der Waals surface area contributed by atoms with Gasteiger partial charge in [-0.1, -0.05) is 44.2 Å². The summed E-state index contributed by atoms with van der Waals surface area (Å²) in [6.07, 6.45) is 1.34. The predicted octanol–water partition coefficient (Wildman–Crippen LogP) is 4.40. The number of hydrogen-bond acceptors (Lipinski definition) is 4. The van der Waals surface area contributed by atoms with E-state index in [1.54, 1.807) is 30.2 Å². The van der Waals surface area contributed by atoms with Crippen LogP contribution in [0.2, 0.25) is 0 Å². The zero-order chi connectivity index (χ0) is 22.6. The zero-order valence-electron chi connectivity index (χ0n) is 18.4. The van der Waals surface area contributed by atoms with Crippen molar-refractivity contribution in [1.82, 2.24) is 10.2 Å². The van der Waals surface area contributed by atoms with Crippen molar-refractivity contribution >= 4 is 23.6 Å². The fraction of sp³-hybridized carbons (Fsp3) is 0.417. The molecule has 0 aliphatic carbocycles. The molecule has 0 unspecified atom stereocenters. The van der Waals surface area contributed by atoms with E-state index >= 15 is 0 Å². The molecule has 0 aromatic heterocycles. The van der Waals surface area contributed by atoms with Crippen molar-refractivity contribution in [1.29, 1.82) is 0 Å². The minimum absolute atomic E-state index is 0.143. The number of carbonyl (C=O) groups is 2. The molecule has 0 bridgehead atoms. The first-order chi connectivity index (χ1) is 15.0. The molecule has 2 amide bonds. The lowest BCUT2D eigenvalue weighted by Crippen LogP contribution is -2.49. The molecule has 5 nitrogen and oxygen atoms in total. The number of methoxy groups -OCH3 is 1. The second kappa shape index (κ2) is 13.0. The Morgan fingerprint density at radius 1 is 1.13 bits per heavy atom. The molecule has 0 saturated heterocycles. The lowest BCUT2D eigenvalue weighted by atomic mass is 10.1. The van der Waals surface area contributed by atoms with Crippen LogP contribution in [0.25, 0.3) is 0 Å². The summed E-state index contributed by atoms with van der Waals surface area (Å²) in [5.74, 6) is 0.731. The molecule has 1 N–H and O–H groups in total. The maximum atomic E-state index is 13.9. The Kier molecular flexibility index (Phi) is 10.4. The van der Waals surface area contributed by atoms with E-state index in [1.165, 1.54) is 17.8 Å². The Labute approximate surface area is 188 Å². The third-order valence-electron chi connectivity index (χ3n) is 4.89. The molecule has 0 aliphatic rings. The number of nitrogens with zero attached hydrogens (tertiary/aromatic N) is 1. The van der Waals surface area contributed by atoms with E-state index in [2.05, 4.69) is 5.32 Å². The summed E-state index contributed by atoms with van der Waals surface area (Å²) in [5, 5.41) is 2.90. The molecule has 2 aromatic rings. The fourth-order valence-corrected chi connectivity index (χ4v) is 4.06. The molecule has 31 heavy (non-hydrogen) atoms. The number of benzene rings is 2. The Morgan fingerprint density at radius 3 is 2.45 bits per heavy atom. The summed E-state index contributed by atoms with van der Waals surface area (Å²) in [4.78, 5) is 27.5. The van der Waals surface area contributed by atoms with Crippen molar-refractivity contribution in [3.63, 3.8) is 0 Å². The van der Waals surface area contributed by atoms with Crippen LogP contribution in [0.5, 0.6) is 5.75 Å². The van der Waals surface area contributed by atoms with Crippen molar-refractivity contribution in [3.05, 3.63) is 65.5 Å². The van der Waals surface area contributed by atoms with E-state index in [0.29, 0.717) is 30.8 Å². The number of halogens is 1. The molecule has 0 saturated carbocycles. The molecule has 7 heteroatoms. The lowest BCUT2D eigenvalue weighted by molar-refractivity contribution is -0.139. The molecule has 0 spiro atoms. The summed E-state index contributed by atoms with van der Waals surface area (Å²) >= 11 is 1.35. The Bertz CT molecular complexity index is 845. The topological polar surface area (TPSA) is 58.6 Å². The molecule has 0 aliphatic heterocycles. The van der Waals surface area contributed by atoms with E-state index in [9.17, 15) is 14.0 Å². The third kappa shape index (κ3) is 7.58. The van der Waals surface area contributed by atoms with Crippen LogP contribution < -0.4 is 10.1 Å². The second-order valence-corrected chi connectivity index (χ2v) is 8.15. The number of rotatable bonds is 12. The van der Waals surface area contributed by atoms with Gasteiger partial charge in [-0.25, -0.2) is 4.39 Å². The first-order valence-electron chi connectivity index (χ1n) is 10.5. The monoisotopic (exact) mass is 446 g/mol. The predicted molar refractivity (Wildman–Crippen MR) is 123 cm³/mol. The quantitative estimate of drug-likeness (QED) is 0.525. The van der Waals surface area contributed by atoms with Crippen LogP contribution in [-0.4, -0.2) is 42.2 Å². The van der Waals surface area contributed by atoms with Crippen LogP contribution in [-0.2, 0) is 21.9 Å². The van der Waals surface area contributed by atoms with Gasteiger partial charge in [-0.15, -0.1) is 11.8 Å². The van der Waals surface area contributed by atoms with Gasteiger partial charge in [0.2, 0.25) is 11.8 Å². The average molecular weight is 447 g/mol. The Morgan fingerprint density at radius 2 is 1.84 bits per heavy atom. The average Bonchev–Trinajstić information content (AvgIpc) is 2.79. The fourth-order valence-electron chi connectivity index (χ4n) is 3.16. The van der Waals surface area contributed by atoms with Crippen LogP contribution in [0, 0.1) is 5.82 Å². The van der Waals surface area contributed by atoms with Gasteiger partial charge in [0.1, 0.15) is 17.6 Å². The molecule has 0 fully saturated rings. The first kappa shape index (κ1) is 24.7. The number of amides is 2. The van der Waals surface area contributed by atoms with Crippen LogP contribution >= 0.6 is 11.8 Å². The van der Waals surface area contributed by atoms with Gasteiger partial charge in [0.25, 0.3) is 0 Å². The smallest absolute Gasteiger partial charge is 0.242 e. The van der Waals surface area contributed by atoms with Gasteiger partial charge < -0.3 is 15.0 Å². The van der Waals surface area contributed by atoms with Gasteiger partial charge in [0.05, 0.1) is 12.9 Å². The molecule has 2 aromatic carbocycles. The van der Waals surface area contributed by atoms with Crippen LogP contribution in [0.15, 0.2) is 48.5 Å². The molecule has 168 valence electrons. The van der Waals surface area contributed by atoms with Gasteiger partial charge in [0.15, 0.2) is 0 Å². The molecule has 0 heterocycles. The van der Waals surface area contributed by atoms with Gasteiger partial charge in [-0.3, -0.25) is 9.59 Å². The summed E-state index contributed by atoms with van der Waals surface area (Å²) < 4.78 is 19.1. The maximum absolute atomic E-state index is 13.9. The van der Waals surface area contributed by atoms with Crippen molar-refractivity contribution in [2.45, 2.75) is 45.0 Å². The molecule has 1 atom stereocenters. The van der Waals surface area contributed by atoms with Crippen LogP contribution in [0.3, 0.4) is 0 Å². The van der Waals surface area contributed by atoms with Gasteiger partial charge in [-0.05, 0) is 42.2 Å². The lowest BCUT2D eigenvalue weighted by Gasteiger charge is -2.30. The van der Waals surface area contributed by atoms with Crippen LogP contribution in [0.1, 0.15) is 37.8 Å². The molecular formula is C24H31FN2O3S. The number of thioether (sulfide) groups is 1. The van der Waals surface area contributed by atoms with E-state index in [1.807, 2.05) is 38.1 Å². The first-order valence-corrected chi connectivity index (χ1v) is 11.7. The SMILES string of the molecule is CCCNC(=O)[C@H](CC)N(Cc1ccc(OC)cc1)C(=O)CSCc1ccccc1F. The minimum Gasteiger partial charge on any atom is -0.497 e. The number of ether oxygens (including phenoxy) is 1. The summed E-state index contributed by atoms with van der Waals surface area (Å²) in [6, 6.07) is 13.5. The van der Waals surface area contributed by atoms with Crippen molar-refractivity contribution in [3.8, 4) is 5.75 Å². The maximum Gasteiger partial charge on any atom is 0.242 e.